The highest BCUT2D eigenvalue weighted by molar-refractivity contribution is 14.1. The van der Waals surface area contributed by atoms with Gasteiger partial charge in [0.15, 0.2) is 0 Å². The molecule has 15 heavy (non-hydrogen) atoms. The third-order valence-corrected chi connectivity index (χ3v) is 3.48. The van der Waals surface area contributed by atoms with Gasteiger partial charge in [0.2, 0.25) is 0 Å². The monoisotopic (exact) mass is 353 g/mol. The number of nitrogen functional groups attached to an aromatic ring is 1. The van der Waals surface area contributed by atoms with Crippen LogP contribution < -0.4 is 5.73 Å². The lowest BCUT2D eigenvalue weighted by molar-refractivity contribution is 0.891. The zero-order valence-corrected chi connectivity index (χ0v) is 11.1. The van der Waals surface area contributed by atoms with Gasteiger partial charge in [0.25, 0.3) is 0 Å². The number of benzene rings is 1. The first-order valence-electron chi connectivity index (χ1n) is 4.04. The van der Waals surface area contributed by atoms with Crippen molar-refractivity contribution in [3.63, 3.8) is 0 Å². The Morgan fingerprint density at radius 1 is 1.27 bits per heavy atom. The molecule has 2 N–H and O–H groups in total. The highest BCUT2D eigenvalue weighted by Crippen LogP contribution is 2.26. The van der Waals surface area contributed by atoms with Crippen molar-refractivity contribution < 1.29 is 0 Å². The maximum Gasteiger partial charge on any atom is 0.140 e. The zero-order valence-electron chi connectivity index (χ0n) is 7.42. The van der Waals surface area contributed by atoms with Crippen LogP contribution in [0.4, 0.5) is 5.82 Å². The molecule has 1 heterocycles. The van der Waals surface area contributed by atoms with E-state index >= 15 is 0 Å². The quantitative estimate of drug-likeness (QED) is 0.799. The SMILES string of the molecule is Nc1c(I)cnn1-c1ccc(Cl)c(Cl)c1. The van der Waals surface area contributed by atoms with Crippen LogP contribution in [0.25, 0.3) is 5.69 Å². The van der Waals surface area contributed by atoms with Crippen molar-refractivity contribution in [2.24, 2.45) is 0 Å². The third kappa shape index (κ3) is 2.07. The summed E-state index contributed by atoms with van der Waals surface area (Å²) in [6.45, 7) is 0. The van der Waals surface area contributed by atoms with Crippen molar-refractivity contribution in [1.29, 1.82) is 0 Å². The number of hydrogen-bond donors (Lipinski definition) is 1. The summed E-state index contributed by atoms with van der Waals surface area (Å²) in [5.74, 6) is 0.592. The van der Waals surface area contributed by atoms with Crippen LogP contribution in [-0.2, 0) is 0 Å². The van der Waals surface area contributed by atoms with E-state index in [4.69, 9.17) is 28.9 Å². The molecule has 3 nitrogen and oxygen atoms in total. The topological polar surface area (TPSA) is 43.8 Å². The Morgan fingerprint density at radius 2 is 2.00 bits per heavy atom. The van der Waals surface area contributed by atoms with Gasteiger partial charge in [-0.1, -0.05) is 23.2 Å². The number of rotatable bonds is 1. The molecule has 0 atom stereocenters. The summed E-state index contributed by atoms with van der Waals surface area (Å²) in [5, 5.41) is 5.14. The van der Waals surface area contributed by atoms with Crippen molar-refractivity contribution in [2.75, 3.05) is 5.73 Å². The average molecular weight is 354 g/mol. The molecule has 0 aliphatic carbocycles. The molecule has 0 radical (unpaired) electrons. The van der Waals surface area contributed by atoms with Gasteiger partial charge in [0.1, 0.15) is 5.82 Å². The predicted molar refractivity (Wildman–Crippen MR) is 70.7 cm³/mol. The first-order valence-corrected chi connectivity index (χ1v) is 5.87. The molecule has 0 saturated heterocycles. The van der Waals surface area contributed by atoms with Gasteiger partial charge in [0.05, 0.1) is 25.5 Å². The van der Waals surface area contributed by atoms with Gasteiger partial charge in [-0.25, -0.2) is 4.68 Å². The van der Waals surface area contributed by atoms with Crippen molar-refractivity contribution in [3.8, 4) is 5.69 Å². The molecule has 0 saturated carbocycles. The second kappa shape index (κ2) is 4.19. The lowest BCUT2D eigenvalue weighted by Gasteiger charge is -2.05. The van der Waals surface area contributed by atoms with Gasteiger partial charge >= 0.3 is 0 Å². The van der Waals surface area contributed by atoms with Gasteiger partial charge in [0, 0.05) is 0 Å². The molecule has 0 unspecified atom stereocenters. The summed E-state index contributed by atoms with van der Waals surface area (Å²) in [4.78, 5) is 0. The highest BCUT2D eigenvalue weighted by atomic mass is 127. The molecule has 0 spiro atoms. The summed E-state index contributed by atoms with van der Waals surface area (Å²) >= 11 is 13.8. The molecule has 1 aromatic carbocycles. The Balaban J connectivity index is 2.55. The lowest BCUT2D eigenvalue weighted by Crippen LogP contribution is -2.02. The fraction of sp³-hybridized carbons (Fsp3) is 0. The first kappa shape index (κ1) is 11.0. The molecule has 2 rings (SSSR count). The Labute approximate surface area is 110 Å². The Kier molecular flexibility index (Phi) is 3.08. The highest BCUT2D eigenvalue weighted by Gasteiger charge is 2.07. The maximum absolute atomic E-state index is 5.91. The van der Waals surface area contributed by atoms with Gasteiger partial charge in [-0.05, 0) is 40.8 Å². The van der Waals surface area contributed by atoms with Crippen LogP contribution in [0.5, 0.6) is 0 Å². The summed E-state index contributed by atoms with van der Waals surface area (Å²) < 4.78 is 2.52. The van der Waals surface area contributed by atoms with Crippen LogP contribution in [0.3, 0.4) is 0 Å². The van der Waals surface area contributed by atoms with E-state index in [1.165, 1.54) is 0 Å². The second-order valence-electron chi connectivity index (χ2n) is 2.89. The van der Waals surface area contributed by atoms with Crippen LogP contribution in [0, 0.1) is 3.57 Å². The molecule has 0 bridgehead atoms. The Hall–Kier alpha value is -0.460. The van der Waals surface area contributed by atoms with Crippen molar-refractivity contribution in [1.82, 2.24) is 9.78 Å². The number of halogens is 3. The van der Waals surface area contributed by atoms with Crippen LogP contribution in [-0.4, -0.2) is 9.78 Å². The minimum atomic E-state index is 0.485. The molecule has 1 aromatic heterocycles. The number of nitrogens with two attached hydrogens (primary N) is 1. The molecule has 0 aliphatic heterocycles. The lowest BCUT2D eigenvalue weighted by atomic mass is 10.3. The standard InChI is InChI=1S/C9H6Cl2IN3/c10-6-2-1-5(3-7(6)11)15-9(13)8(12)4-14-15/h1-4H,13H2. The predicted octanol–water partition coefficient (Wildman–Crippen LogP) is 3.37. The van der Waals surface area contributed by atoms with E-state index in [0.29, 0.717) is 15.9 Å². The van der Waals surface area contributed by atoms with E-state index in [2.05, 4.69) is 27.7 Å². The van der Waals surface area contributed by atoms with Gasteiger partial charge in [-0.2, -0.15) is 5.10 Å². The second-order valence-corrected chi connectivity index (χ2v) is 4.86. The number of nitrogens with zero attached hydrogens (tertiary/aromatic N) is 2. The molecule has 2 aromatic rings. The van der Waals surface area contributed by atoms with E-state index in [1.54, 1.807) is 23.0 Å². The molecule has 0 fully saturated rings. The minimum Gasteiger partial charge on any atom is -0.383 e. The molecule has 0 aliphatic rings. The smallest absolute Gasteiger partial charge is 0.140 e. The fourth-order valence-electron chi connectivity index (χ4n) is 1.16. The molecular weight excluding hydrogens is 348 g/mol. The average Bonchev–Trinajstić information content (AvgIpc) is 2.53. The molecule has 78 valence electrons. The van der Waals surface area contributed by atoms with Crippen molar-refractivity contribution in [2.45, 2.75) is 0 Å². The summed E-state index contributed by atoms with van der Waals surface area (Å²) in [6, 6.07) is 5.25. The van der Waals surface area contributed by atoms with Crippen LogP contribution in [0.2, 0.25) is 10.0 Å². The first-order chi connectivity index (χ1) is 7.09. The Bertz CT molecular complexity index is 510. The van der Waals surface area contributed by atoms with E-state index in [-0.39, 0.29) is 0 Å². The summed E-state index contributed by atoms with van der Waals surface area (Å²) in [7, 11) is 0. The fourth-order valence-corrected chi connectivity index (χ4v) is 1.81. The normalized spacial score (nSPS) is 10.6. The van der Waals surface area contributed by atoms with E-state index in [1.807, 2.05) is 6.07 Å². The van der Waals surface area contributed by atoms with Gasteiger partial charge < -0.3 is 5.73 Å². The largest absolute Gasteiger partial charge is 0.383 e. The number of anilines is 1. The molecule has 0 amide bonds. The van der Waals surface area contributed by atoms with Gasteiger partial charge in [-0.3, -0.25) is 0 Å². The van der Waals surface area contributed by atoms with E-state index in [0.717, 1.165) is 9.26 Å². The summed E-state index contributed by atoms with van der Waals surface area (Å²) in [6.07, 6.45) is 1.69. The Morgan fingerprint density at radius 3 is 2.53 bits per heavy atom. The molecule has 6 heteroatoms. The maximum atomic E-state index is 5.91. The van der Waals surface area contributed by atoms with Crippen LogP contribution in [0.1, 0.15) is 0 Å². The zero-order chi connectivity index (χ0) is 11.0. The number of aromatic nitrogens is 2. The summed E-state index contributed by atoms with van der Waals surface area (Å²) in [5.41, 5.74) is 6.64. The number of hydrogen-bond acceptors (Lipinski definition) is 2. The van der Waals surface area contributed by atoms with E-state index in [9.17, 15) is 0 Å². The van der Waals surface area contributed by atoms with E-state index < -0.39 is 0 Å². The third-order valence-electron chi connectivity index (χ3n) is 1.91. The van der Waals surface area contributed by atoms with Crippen LogP contribution >= 0.6 is 45.8 Å². The van der Waals surface area contributed by atoms with Crippen LogP contribution in [0.15, 0.2) is 24.4 Å². The minimum absolute atomic E-state index is 0.485. The van der Waals surface area contributed by atoms with Gasteiger partial charge in [-0.15, -0.1) is 0 Å². The van der Waals surface area contributed by atoms with Crippen molar-refractivity contribution in [3.05, 3.63) is 38.0 Å². The molecular formula is C9H6Cl2IN3. The van der Waals surface area contributed by atoms with Crippen molar-refractivity contribution >= 4 is 51.6 Å².